The van der Waals surface area contributed by atoms with Crippen LogP contribution < -0.4 is 0 Å². The van der Waals surface area contributed by atoms with Gasteiger partial charge in [0.2, 0.25) is 5.91 Å². The van der Waals surface area contributed by atoms with E-state index in [1.807, 2.05) is 4.90 Å². The number of carbonyl (C=O) groups is 1. The van der Waals surface area contributed by atoms with E-state index in [0.29, 0.717) is 4.83 Å². The maximum absolute atomic E-state index is 10.8. The first kappa shape index (κ1) is 8.05. The van der Waals surface area contributed by atoms with E-state index < -0.39 is 0 Å². The van der Waals surface area contributed by atoms with Crippen molar-refractivity contribution in [3.63, 3.8) is 0 Å². The van der Waals surface area contributed by atoms with Crippen molar-refractivity contribution in [2.45, 2.75) is 24.6 Å². The highest BCUT2D eigenvalue weighted by molar-refractivity contribution is 9.09. The van der Waals surface area contributed by atoms with Crippen molar-refractivity contribution in [1.29, 1.82) is 0 Å². The monoisotopic (exact) mass is 205 g/mol. The molecule has 1 aliphatic heterocycles. The summed E-state index contributed by atoms with van der Waals surface area (Å²) in [6.45, 7) is 3.46. The van der Waals surface area contributed by atoms with Gasteiger partial charge in [0, 0.05) is 24.8 Å². The molecule has 58 valence electrons. The summed E-state index contributed by atoms with van der Waals surface area (Å²) in [5.74, 6) is 0.198. The van der Waals surface area contributed by atoms with E-state index in [0.717, 1.165) is 19.5 Å². The van der Waals surface area contributed by atoms with Gasteiger partial charge in [0.25, 0.3) is 0 Å². The topological polar surface area (TPSA) is 20.3 Å². The van der Waals surface area contributed by atoms with Crippen LogP contribution in [0.2, 0.25) is 0 Å². The zero-order valence-electron chi connectivity index (χ0n) is 6.14. The molecule has 1 rings (SSSR count). The van der Waals surface area contributed by atoms with Crippen LogP contribution in [0.25, 0.3) is 0 Å². The van der Waals surface area contributed by atoms with Crippen LogP contribution in [0, 0.1) is 0 Å². The van der Waals surface area contributed by atoms with E-state index in [4.69, 9.17) is 0 Å². The maximum Gasteiger partial charge on any atom is 0.219 e. The lowest BCUT2D eigenvalue weighted by atomic mass is 10.1. The normalized spacial score (nSPS) is 26.6. The summed E-state index contributed by atoms with van der Waals surface area (Å²) in [5, 5.41) is 0. The Bertz CT molecular complexity index is 138. The van der Waals surface area contributed by atoms with Crippen LogP contribution in [0.4, 0.5) is 0 Å². The number of likely N-dealkylation sites (tertiary alicyclic amines) is 1. The minimum absolute atomic E-state index is 0.198. The molecule has 3 heteroatoms. The molecule has 0 spiro atoms. The number of hydrogen-bond acceptors (Lipinski definition) is 1. The average Bonchev–Trinajstić information content (AvgIpc) is 1.88. The molecule has 0 aromatic carbocycles. The highest BCUT2D eigenvalue weighted by atomic mass is 79.9. The molecule has 1 aliphatic rings. The van der Waals surface area contributed by atoms with Gasteiger partial charge in [0.15, 0.2) is 0 Å². The molecule has 0 radical (unpaired) electrons. The summed E-state index contributed by atoms with van der Waals surface area (Å²) in [7, 11) is 0. The lowest BCUT2D eigenvalue weighted by Crippen LogP contribution is -2.38. The molecule has 10 heavy (non-hydrogen) atoms. The highest BCUT2D eigenvalue weighted by Gasteiger charge is 2.18. The van der Waals surface area contributed by atoms with Gasteiger partial charge in [-0.25, -0.2) is 0 Å². The fourth-order valence-electron chi connectivity index (χ4n) is 1.21. The molecule has 1 saturated heterocycles. The van der Waals surface area contributed by atoms with Crippen molar-refractivity contribution in [1.82, 2.24) is 4.90 Å². The minimum Gasteiger partial charge on any atom is -0.342 e. The molecule has 2 nitrogen and oxygen atoms in total. The van der Waals surface area contributed by atoms with Crippen LogP contribution in [0.5, 0.6) is 0 Å². The lowest BCUT2D eigenvalue weighted by Gasteiger charge is -2.28. The molecule has 0 bridgehead atoms. The summed E-state index contributed by atoms with van der Waals surface area (Å²) >= 11 is 3.50. The van der Waals surface area contributed by atoms with Gasteiger partial charge in [-0.1, -0.05) is 15.9 Å². The third kappa shape index (κ3) is 1.97. The third-order valence-corrected chi connectivity index (χ3v) is 2.56. The Hall–Kier alpha value is -0.0500. The Labute approximate surface area is 69.7 Å². The predicted octanol–water partition coefficient (Wildman–Crippen LogP) is 1.39. The molecule has 1 atom stereocenters. The van der Waals surface area contributed by atoms with Crippen molar-refractivity contribution in [2.75, 3.05) is 13.1 Å². The van der Waals surface area contributed by atoms with Crippen LogP contribution in [0.1, 0.15) is 19.8 Å². The van der Waals surface area contributed by atoms with Crippen molar-refractivity contribution in [3.8, 4) is 0 Å². The fourth-order valence-corrected chi connectivity index (χ4v) is 1.88. The van der Waals surface area contributed by atoms with Crippen molar-refractivity contribution < 1.29 is 4.79 Å². The molecule has 0 N–H and O–H groups in total. The van der Waals surface area contributed by atoms with E-state index in [-0.39, 0.29) is 5.91 Å². The molecular formula is C7H12BrNO. The van der Waals surface area contributed by atoms with Crippen LogP contribution >= 0.6 is 15.9 Å². The maximum atomic E-state index is 10.8. The zero-order valence-corrected chi connectivity index (χ0v) is 7.73. The number of carbonyl (C=O) groups excluding carboxylic acids is 1. The molecule has 0 unspecified atom stereocenters. The largest absolute Gasteiger partial charge is 0.342 e. The number of nitrogens with zero attached hydrogens (tertiary/aromatic N) is 1. The third-order valence-electron chi connectivity index (χ3n) is 1.81. The van der Waals surface area contributed by atoms with E-state index in [9.17, 15) is 4.79 Å². The van der Waals surface area contributed by atoms with Gasteiger partial charge in [0.05, 0.1) is 0 Å². The van der Waals surface area contributed by atoms with Gasteiger partial charge in [-0.2, -0.15) is 0 Å². The van der Waals surface area contributed by atoms with Gasteiger partial charge < -0.3 is 4.90 Å². The number of hydrogen-bond donors (Lipinski definition) is 0. The first-order chi connectivity index (χ1) is 4.70. The quantitative estimate of drug-likeness (QED) is 0.548. The second-order valence-corrected chi connectivity index (χ2v) is 4.00. The Morgan fingerprint density at radius 2 is 2.40 bits per heavy atom. The SMILES string of the molecule is CC(=O)N1CCC[C@H](Br)C1. The zero-order chi connectivity index (χ0) is 7.56. The Kier molecular flexibility index (Phi) is 2.72. The van der Waals surface area contributed by atoms with E-state index in [1.54, 1.807) is 6.92 Å². The number of alkyl halides is 1. The minimum atomic E-state index is 0.198. The van der Waals surface area contributed by atoms with Crippen LogP contribution in [0.15, 0.2) is 0 Å². The molecular weight excluding hydrogens is 194 g/mol. The standard InChI is InChI=1S/C7H12BrNO/c1-6(10)9-4-2-3-7(8)5-9/h7H,2-5H2,1H3/t7-/m0/s1. The predicted molar refractivity (Wildman–Crippen MR) is 44.2 cm³/mol. The van der Waals surface area contributed by atoms with Crippen LogP contribution in [-0.4, -0.2) is 28.7 Å². The average molecular weight is 206 g/mol. The smallest absolute Gasteiger partial charge is 0.219 e. The second kappa shape index (κ2) is 3.37. The summed E-state index contributed by atoms with van der Waals surface area (Å²) in [6.07, 6.45) is 2.33. The molecule has 0 aromatic heterocycles. The number of rotatable bonds is 0. The molecule has 1 amide bonds. The van der Waals surface area contributed by atoms with E-state index in [2.05, 4.69) is 15.9 Å². The van der Waals surface area contributed by atoms with E-state index >= 15 is 0 Å². The molecule has 0 saturated carbocycles. The first-order valence-corrected chi connectivity index (χ1v) is 4.51. The van der Waals surface area contributed by atoms with Gasteiger partial charge >= 0.3 is 0 Å². The molecule has 1 fully saturated rings. The van der Waals surface area contributed by atoms with Gasteiger partial charge in [0.1, 0.15) is 0 Å². The van der Waals surface area contributed by atoms with Crippen molar-refractivity contribution in [2.24, 2.45) is 0 Å². The van der Waals surface area contributed by atoms with Crippen molar-refractivity contribution >= 4 is 21.8 Å². The molecule has 0 aliphatic carbocycles. The fraction of sp³-hybridized carbons (Fsp3) is 0.857. The van der Waals surface area contributed by atoms with Gasteiger partial charge in [-0.15, -0.1) is 0 Å². The van der Waals surface area contributed by atoms with Crippen LogP contribution in [-0.2, 0) is 4.79 Å². The molecule has 1 heterocycles. The lowest BCUT2D eigenvalue weighted by molar-refractivity contribution is -0.129. The van der Waals surface area contributed by atoms with Gasteiger partial charge in [-0.05, 0) is 12.8 Å². The number of amides is 1. The Balaban J connectivity index is 2.39. The van der Waals surface area contributed by atoms with Gasteiger partial charge in [-0.3, -0.25) is 4.79 Å². The summed E-state index contributed by atoms with van der Waals surface area (Å²) in [6, 6.07) is 0. The number of halogens is 1. The second-order valence-electron chi connectivity index (χ2n) is 2.70. The number of piperidine rings is 1. The van der Waals surface area contributed by atoms with Crippen LogP contribution in [0.3, 0.4) is 0 Å². The summed E-state index contributed by atoms with van der Waals surface area (Å²) < 4.78 is 0. The van der Waals surface area contributed by atoms with E-state index in [1.165, 1.54) is 6.42 Å². The highest BCUT2D eigenvalue weighted by Crippen LogP contribution is 2.16. The Morgan fingerprint density at radius 3 is 2.80 bits per heavy atom. The first-order valence-electron chi connectivity index (χ1n) is 3.59. The molecule has 0 aromatic rings. The summed E-state index contributed by atoms with van der Waals surface area (Å²) in [4.78, 5) is 13.3. The Morgan fingerprint density at radius 1 is 1.70 bits per heavy atom. The van der Waals surface area contributed by atoms with Crippen molar-refractivity contribution in [3.05, 3.63) is 0 Å². The summed E-state index contributed by atoms with van der Waals surface area (Å²) in [5.41, 5.74) is 0.